The van der Waals surface area contributed by atoms with Crippen molar-refractivity contribution in [2.75, 3.05) is 31.6 Å². The first-order chi connectivity index (χ1) is 13.5. The molecule has 1 aromatic heterocycles. The fraction of sp³-hybridized carbons (Fsp3) is 0.286. The highest BCUT2D eigenvalue weighted by Gasteiger charge is 2.24. The number of methoxy groups -OCH3 is 1. The highest BCUT2D eigenvalue weighted by Crippen LogP contribution is 2.32. The van der Waals surface area contributed by atoms with Gasteiger partial charge in [0, 0.05) is 37.3 Å². The van der Waals surface area contributed by atoms with Crippen molar-refractivity contribution in [3.63, 3.8) is 0 Å². The van der Waals surface area contributed by atoms with E-state index in [1.165, 1.54) is 13.3 Å². The number of ether oxygens (including phenoxy) is 1. The van der Waals surface area contributed by atoms with Crippen LogP contribution in [0.15, 0.2) is 64.5 Å². The number of benzene rings is 2. The summed E-state index contributed by atoms with van der Waals surface area (Å²) in [5.74, 6) is 0.325. The second-order valence-corrected chi connectivity index (χ2v) is 8.89. The van der Waals surface area contributed by atoms with E-state index in [4.69, 9.17) is 4.74 Å². The van der Waals surface area contributed by atoms with Crippen LogP contribution in [-0.4, -0.2) is 46.2 Å². The lowest BCUT2D eigenvalue weighted by atomic mass is 10.1. The number of rotatable bonds is 4. The fourth-order valence-electron chi connectivity index (χ4n) is 3.65. The summed E-state index contributed by atoms with van der Waals surface area (Å²) in [6, 6.07) is 14.6. The number of hydrogen-bond acceptors (Lipinski definition) is 6. The van der Waals surface area contributed by atoms with Crippen LogP contribution in [-0.2, 0) is 9.84 Å². The Kier molecular flexibility index (Phi) is 4.95. The number of aromatic nitrogens is 1. The van der Waals surface area contributed by atoms with Gasteiger partial charge in [-0.2, -0.15) is 0 Å². The van der Waals surface area contributed by atoms with Crippen LogP contribution in [0.2, 0.25) is 0 Å². The molecule has 0 saturated carbocycles. The van der Waals surface area contributed by atoms with Crippen LogP contribution in [0.1, 0.15) is 6.92 Å². The summed E-state index contributed by atoms with van der Waals surface area (Å²) >= 11 is 0. The van der Waals surface area contributed by atoms with Gasteiger partial charge in [-0.3, -0.25) is 4.98 Å². The lowest BCUT2D eigenvalue weighted by molar-refractivity contribution is 0.402. The van der Waals surface area contributed by atoms with Crippen molar-refractivity contribution >= 4 is 26.4 Å². The SMILES string of the molecule is COc1ccccc1S(=O)(=O)c1cnc2c(N3CCNC(C)C3)cccc2c1. The summed E-state index contributed by atoms with van der Waals surface area (Å²) in [6.45, 7) is 4.86. The van der Waals surface area contributed by atoms with E-state index in [2.05, 4.69) is 22.1 Å². The Morgan fingerprint density at radius 3 is 2.79 bits per heavy atom. The van der Waals surface area contributed by atoms with Gasteiger partial charge in [0.2, 0.25) is 9.84 Å². The second kappa shape index (κ2) is 7.41. The van der Waals surface area contributed by atoms with Gasteiger partial charge >= 0.3 is 0 Å². The molecule has 1 atom stereocenters. The standard InChI is InChI=1S/C21H23N3O3S/c1-15-14-24(11-10-22-15)18-7-5-6-16-12-17(13-23-21(16)18)28(25,26)20-9-4-3-8-19(20)27-2/h3-9,12-13,15,22H,10-11,14H2,1-2H3. The predicted octanol–water partition coefficient (Wildman–Crippen LogP) is 2.87. The first kappa shape index (κ1) is 18.7. The monoisotopic (exact) mass is 397 g/mol. The Hall–Kier alpha value is -2.64. The topological polar surface area (TPSA) is 71.5 Å². The van der Waals surface area contributed by atoms with Gasteiger partial charge < -0.3 is 15.0 Å². The lowest BCUT2D eigenvalue weighted by Crippen LogP contribution is -2.49. The molecule has 4 rings (SSSR count). The van der Waals surface area contributed by atoms with Crippen molar-refractivity contribution in [1.29, 1.82) is 0 Å². The molecule has 1 fully saturated rings. The van der Waals surface area contributed by atoms with E-state index >= 15 is 0 Å². The van der Waals surface area contributed by atoms with Crippen molar-refractivity contribution < 1.29 is 13.2 Å². The summed E-state index contributed by atoms with van der Waals surface area (Å²) in [4.78, 5) is 7.15. The van der Waals surface area contributed by atoms with Gasteiger partial charge in [0.25, 0.3) is 0 Å². The zero-order chi connectivity index (χ0) is 19.7. The van der Waals surface area contributed by atoms with Gasteiger partial charge in [0.05, 0.1) is 23.2 Å². The second-order valence-electron chi connectivity index (χ2n) is 6.98. The molecule has 6 nitrogen and oxygen atoms in total. The number of pyridine rings is 1. The number of nitrogens with zero attached hydrogens (tertiary/aromatic N) is 2. The molecule has 1 saturated heterocycles. The number of anilines is 1. The summed E-state index contributed by atoms with van der Waals surface area (Å²) in [6.07, 6.45) is 1.44. The van der Waals surface area contributed by atoms with Gasteiger partial charge in [-0.15, -0.1) is 0 Å². The molecule has 0 bridgehead atoms. The Balaban J connectivity index is 1.79. The van der Waals surface area contributed by atoms with E-state index < -0.39 is 9.84 Å². The zero-order valence-electron chi connectivity index (χ0n) is 15.9. The average Bonchev–Trinajstić information content (AvgIpc) is 2.72. The van der Waals surface area contributed by atoms with E-state index in [0.717, 1.165) is 36.2 Å². The minimum atomic E-state index is -3.73. The highest BCUT2D eigenvalue weighted by molar-refractivity contribution is 7.91. The van der Waals surface area contributed by atoms with Crippen LogP contribution in [0.25, 0.3) is 10.9 Å². The average molecular weight is 398 g/mol. The minimum absolute atomic E-state index is 0.144. The molecule has 1 aliphatic rings. The summed E-state index contributed by atoms with van der Waals surface area (Å²) < 4.78 is 31.5. The molecule has 1 unspecified atom stereocenters. The third-order valence-corrected chi connectivity index (χ3v) is 6.80. The van der Waals surface area contributed by atoms with Crippen LogP contribution >= 0.6 is 0 Å². The molecular weight excluding hydrogens is 374 g/mol. The van der Waals surface area contributed by atoms with Crippen molar-refractivity contribution in [3.8, 4) is 5.75 Å². The maximum absolute atomic E-state index is 13.1. The molecular formula is C21H23N3O3S. The quantitative estimate of drug-likeness (QED) is 0.730. The number of fused-ring (bicyclic) bond motifs is 1. The molecule has 7 heteroatoms. The molecule has 0 spiro atoms. The van der Waals surface area contributed by atoms with Gasteiger partial charge in [0.1, 0.15) is 10.6 Å². The first-order valence-electron chi connectivity index (χ1n) is 9.26. The number of piperazine rings is 1. The molecule has 0 radical (unpaired) electrons. The van der Waals surface area contributed by atoms with Crippen molar-refractivity contribution in [2.45, 2.75) is 22.8 Å². The van der Waals surface area contributed by atoms with E-state index in [-0.39, 0.29) is 9.79 Å². The first-order valence-corrected chi connectivity index (χ1v) is 10.7. The summed E-state index contributed by atoms with van der Waals surface area (Å²) in [5, 5.41) is 4.24. The number of hydrogen-bond donors (Lipinski definition) is 1. The van der Waals surface area contributed by atoms with Gasteiger partial charge in [-0.05, 0) is 31.2 Å². The third-order valence-electron chi connectivity index (χ3n) is 5.04. The lowest BCUT2D eigenvalue weighted by Gasteiger charge is -2.34. The molecule has 1 N–H and O–H groups in total. The maximum Gasteiger partial charge on any atom is 0.211 e. The smallest absolute Gasteiger partial charge is 0.211 e. The van der Waals surface area contributed by atoms with Crippen LogP contribution < -0.4 is 15.0 Å². The van der Waals surface area contributed by atoms with E-state index in [9.17, 15) is 8.42 Å². The number of para-hydroxylation sites is 2. The Bertz CT molecular complexity index is 1110. The van der Waals surface area contributed by atoms with Crippen LogP contribution in [0.3, 0.4) is 0 Å². The molecule has 2 aromatic carbocycles. The van der Waals surface area contributed by atoms with Gasteiger partial charge in [-0.1, -0.05) is 24.3 Å². The molecule has 0 aliphatic carbocycles. The van der Waals surface area contributed by atoms with Crippen molar-refractivity contribution in [3.05, 3.63) is 54.7 Å². The Labute approximate surface area is 165 Å². The van der Waals surface area contributed by atoms with Crippen molar-refractivity contribution in [2.24, 2.45) is 0 Å². The Morgan fingerprint density at radius 1 is 1.18 bits per heavy atom. The molecule has 2 heterocycles. The van der Waals surface area contributed by atoms with Crippen LogP contribution in [0.4, 0.5) is 5.69 Å². The molecule has 1 aliphatic heterocycles. The van der Waals surface area contributed by atoms with E-state index in [1.54, 1.807) is 30.3 Å². The largest absolute Gasteiger partial charge is 0.495 e. The minimum Gasteiger partial charge on any atom is -0.495 e. The molecule has 3 aromatic rings. The molecule has 0 amide bonds. The van der Waals surface area contributed by atoms with Crippen molar-refractivity contribution in [1.82, 2.24) is 10.3 Å². The highest BCUT2D eigenvalue weighted by atomic mass is 32.2. The van der Waals surface area contributed by atoms with Crippen LogP contribution in [0, 0.1) is 0 Å². The normalized spacial score (nSPS) is 17.6. The number of sulfone groups is 1. The third kappa shape index (κ3) is 3.31. The molecule has 28 heavy (non-hydrogen) atoms. The zero-order valence-corrected chi connectivity index (χ0v) is 16.7. The predicted molar refractivity (Wildman–Crippen MR) is 110 cm³/mol. The maximum atomic E-state index is 13.1. The van der Waals surface area contributed by atoms with Gasteiger partial charge in [-0.25, -0.2) is 8.42 Å². The summed E-state index contributed by atoms with van der Waals surface area (Å²) in [7, 11) is -2.26. The van der Waals surface area contributed by atoms with E-state index in [1.807, 2.05) is 18.2 Å². The Morgan fingerprint density at radius 2 is 2.00 bits per heavy atom. The number of nitrogens with one attached hydrogen (secondary N) is 1. The van der Waals surface area contributed by atoms with E-state index in [0.29, 0.717) is 11.8 Å². The van der Waals surface area contributed by atoms with Crippen LogP contribution in [0.5, 0.6) is 5.75 Å². The molecule has 146 valence electrons. The fourth-order valence-corrected chi connectivity index (χ4v) is 5.05. The van der Waals surface area contributed by atoms with Gasteiger partial charge in [0.15, 0.2) is 0 Å². The summed E-state index contributed by atoms with van der Waals surface area (Å²) in [5.41, 5.74) is 1.85.